The molecule has 3 rings (SSSR count). The molecule has 0 saturated carbocycles. The van der Waals surface area contributed by atoms with Gasteiger partial charge >= 0.3 is 0 Å². The highest BCUT2D eigenvalue weighted by Crippen LogP contribution is 2.30. The molecule has 2 heterocycles. The zero-order chi connectivity index (χ0) is 18.0. The first-order valence-corrected chi connectivity index (χ1v) is 9.44. The van der Waals surface area contributed by atoms with Crippen LogP contribution in [0.5, 0.6) is 0 Å². The molecule has 2 aliphatic heterocycles. The Balaban J connectivity index is 0.00000243. The van der Waals surface area contributed by atoms with Crippen molar-refractivity contribution in [3.05, 3.63) is 29.8 Å². The Hall–Kier alpha value is -1.59. The predicted octanol–water partition coefficient (Wildman–Crippen LogP) is 2.61. The summed E-state index contributed by atoms with van der Waals surface area (Å²) in [4.78, 5) is 29.1. The third-order valence-electron chi connectivity index (χ3n) is 5.73. The van der Waals surface area contributed by atoms with E-state index >= 15 is 0 Å². The monoisotopic (exact) mass is 379 g/mol. The van der Waals surface area contributed by atoms with E-state index in [0.717, 1.165) is 43.6 Å². The van der Waals surface area contributed by atoms with Gasteiger partial charge in [-0.2, -0.15) is 0 Å². The van der Waals surface area contributed by atoms with Crippen LogP contribution >= 0.6 is 12.4 Å². The number of likely N-dealkylation sites (tertiary alicyclic amines) is 1. The molecule has 2 N–H and O–H groups in total. The van der Waals surface area contributed by atoms with Gasteiger partial charge in [0, 0.05) is 37.8 Å². The van der Waals surface area contributed by atoms with E-state index in [2.05, 4.69) is 13.0 Å². The molecule has 2 amide bonds. The number of nitrogens with zero attached hydrogens (tertiary/aromatic N) is 2. The van der Waals surface area contributed by atoms with Crippen molar-refractivity contribution in [3.63, 3.8) is 0 Å². The lowest BCUT2D eigenvalue weighted by molar-refractivity contribution is -0.137. The smallest absolute Gasteiger partial charge is 0.228 e. The lowest BCUT2D eigenvalue weighted by Gasteiger charge is -2.35. The fourth-order valence-electron chi connectivity index (χ4n) is 4.08. The number of amides is 2. The summed E-state index contributed by atoms with van der Waals surface area (Å²) in [5, 5.41) is 0. The van der Waals surface area contributed by atoms with Crippen LogP contribution in [0.3, 0.4) is 0 Å². The molecule has 0 spiro atoms. The van der Waals surface area contributed by atoms with Crippen LogP contribution in [0.1, 0.15) is 38.7 Å². The Morgan fingerprint density at radius 1 is 1.27 bits per heavy atom. The van der Waals surface area contributed by atoms with Crippen LogP contribution in [-0.4, -0.2) is 42.4 Å². The average Bonchev–Trinajstić information content (AvgIpc) is 3.02. The number of hydrogen-bond donors (Lipinski definition) is 1. The van der Waals surface area contributed by atoms with Crippen LogP contribution in [0.25, 0.3) is 0 Å². The third kappa shape index (κ3) is 4.21. The molecule has 2 saturated heterocycles. The summed E-state index contributed by atoms with van der Waals surface area (Å²) in [7, 11) is 0. The van der Waals surface area contributed by atoms with Crippen molar-refractivity contribution in [3.8, 4) is 0 Å². The number of benzene rings is 1. The van der Waals surface area contributed by atoms with E-state index in [4.69, 9.17) is 5.73 Å². The fourth-order valence-corrected chi connectivity index (χ4v) is 4.08. The van der Waals surface area contributed by atoms with Gasteiger partial charge in [-0.25, -0.2) is 0 Å². The van der Waals surface area contributed by atoms with Crippen LogP contribution in [0, 0.1) is 11.8 Å². The van der Waals surface area contributed by atoms with Crippen LogP contribution < -0.4 is 10.6 Å². The molecule has 0 aromatic heterocycles. The minimum absolute atomic E-state index is 0. The minimum Gasteiger partial charge on any atom is -0.342 e. The number of carbonyl (C=O) groups excluding carboxylic acids is 2. The first-order valence-electron chi connectivity index (χ1n) is 9.44. The Morgan fingerprint density at radius 3 is 2.54 bits per heavy atom. The van der Waals surface area contributed by atoms with E-state index in [1.165, 1.54) is 0 Å². The maximum atomic E-state index is 12.9. The lowest BCUT2D eigenvalue weighted by Crippen LogP contribution is -2.45. The molecule has 1 aromatic rings. The highest BCUT2D eigenvalue weighted by molar-refractivity contribution is 6.00. The van der Waals surface area contributed by atoms with Gasteiger partial charge in [-0.05, 0) is 43.7 Å². The number of rotatable bonds is 4. The Bertz CT molecular complexity index is 642. The van der Waals surface area contributed by atoms with Crippen LogP contribution in [0.4, 0.5) is 5.69 Å². The number of nitrogens with two attached hydrogens (primary N) is 1. The van der Waals surface area contributed by atoms with Gasteiger partial charge in [0.25, 0.3) is 0 Å². The molecule has 0 aliphatic carbocycles. The van der Waals surface area contributed by atoms with Crippen molar-refractivity contribution in [2.45, 2.75) is 45.6 Å². The fraction of sp³-hybridized carbons (Fsp3) is 0.600. The molecule has 144 valence electrons. The molecule has 5 nitrogen and oxygen atoms in total. The number of para-hydroxylation sites is 1. The number of carbonyl (C=O) groups is 2. The highest BCUT2D eigenvalue weighted by atomic mass is 35.5. The Kier molecular flexibility index (Phi) is 7.07. The van der Waals surface area contributed by atoms with Crippen molar-refractivity contribution in [2.24, 2.45) is 17.6 Å². The number of halogens is 1. The van der Waals surface area contributed by atoms with Crippen LogP contribution in [0.15, 0.2) is 24.3 Å². The first-order chi connectivity index (χ1) is 12.0. The third-order valence-corrected chi connectivity index (χ3v) is 5.73. The van der Waals surface area contributed by atoms with Crippen molar-refractivity contribution in [1.82, 2.24) is 4.90 Å². The summed E-state index contributed by atoms with van der Waals surface area (Å²) >= 11 is 0. The maximum absolute atomic E-state index is 12.9. The van der Waals surface area contributed by atoms with Gasteiger partial charge in [-0.1, -0.05) is 25.1 Å². The molecule has 0 bridgehead atoms. The molecule has 2 unspecified atom stereocenters. The molecule has 2 fully saturated rings. The summed E-state index contributed by atoms with van der Waals surface area (Å²) < 4.78 is 0. The number of piperidine rings is 1. The Labute approximate surface area is 162 Å². The van der Waals surface area contributed by atoms with Gasteiger partial charge < -0.3 is 15.5 Å². The lowest BCUT2D eigenvalue weighted by atomic mass is 9.90. The van der Waals surface area contributed by atoms with Gasteiger partial charge in [0.15, 0.2) is 0 Å². The minimum atomic E-state index is -0.218. The molecule has 26 heavy (non-hydrogen) atoms. The zero-order valence-electron chi connectivity index (χ0n) is 15.7. The van der Waals surface area contributed by atoms with Gasteiger partial charge in [0.1, 0.15) is 0 Å². The molecule has 6 heteroatoms. The van der Waals surface area contributed by atoms with E-state index in [1.54, 1.807) is 4.90 Å². The van der Waals surface area contributed by atoms with E-state index in [0.29, 0.717) is 18.9 Å². The predicted molar refractivity (Wildman–Crippen MR) is 106 cm³/mol. The number of hydrogen-bond acceptors (Lipinski definition) is 3. The first kappa shape index (κ1) is 20.7. The van der Waals surface area contributed by atoms with E-state index in [-0.39, 0.29) is 36.2 Å². The summed E-state index contributed by atoms with van der Waals surface area (Å²) in [6.45, 7) is 6.16. The van der Waals surface area contributed by atoms with E-state index < -0.39 is 0 Å². The number of aryl methyl sites for hydroxylation is 1. The molecule has 0 radical (unpaired) electrons. The average molecular weight is 380 g/mol. The van der Waals surface area contributed by atoms with Gasteiger partial charge in [-0.3, -0.25) is 9.59 Å². The second kappa shape index (κ2) is 8.87. The summed E-state index contributed by atoms with van der Waals surface area (Å²) in [5.41, 5.74) is 8.10. The number of anilines is 1. The van der Waals surface area contributed by atoms with Gasteiger partial charge in [0.05, 0.1) is 5.92 Å². The molecule has 1 aromatic carbocycles. The SMILES string of the molecule is CCc1ccccc1N1CC(C(=O)N2CCC(C(C)N)CC2)CC1=O.Cl. The van der Waals surface area contributed by atoms with Crippen molar-refractivity contribution in [1.29, 1.82) is 0 Å². The second-order valence-electron chi connectivity index (χ2n) is 7.41. The van der Waals surface area contributed by atoms with E-state index in [9.17, 15) is 9.59 Å². The van der Waals surface area contributed by atoms with E-state index in [1.807, 2.05) is 30.0 Å². The van der Waals surface area contributed by atoms with Gasteiger partial charge in [-0.15, -0.1) is 12.4 Å². The standard InChI is InChI=1S/C20H29N3O2.ClH/c1-3-15-6-4-5-7-18(15)23-13-17(12-19(23)24)20(25)22-10-8-16(9-11-22)14(2)21;/h4-7,14,16-17H,3,8-13,21H2,1-2H3;1H. The van der Waals surface area contributed by atoms with Crippen molar-refractivity contribution >= 4 is 29.9 Å². The Morgan fingerprint density at radius 2 is 1.92 bits per heavy atom. The van der Waals surface area contributed by atoms with Crippen LogP contribution in [0.2, 0.25) is 0 Å². The molecular weight excluding hydrogens is 350 g/mol. The molecule has 2 atom stereocenters. The topological polar surface area (TPSA) is 66.6 Å². The van der Waals surface area contributed by atoms with Crippen molar-refractivity contribution < 1.29 is 9.59 Å². The normalized spacial score (nSPS) is 22.3. The molecular formula is C20H30ClN3O2. The maximum Gasteiger partial charge on any atom is 0.228 e. The summed E-state index contributed by atoms with van der Waals surface area (Å²) in [5.74, 6) is 0.476. The van der Waals surface area contributed by atoms with Crippen LogP contribution in [-0.2, 0) is 16.0 Å². The largest absolute Gasteiger partial charge is 0.342 e. The van der Waals surface area contributed by atoms with Crippen molar-refractivity contribution in [2.75, 3.05) is 24.5 Å². The summed E-state index contributed by atoms with van der Waals surface area (Å²) in [6, 6.07) is 8.17. The second-order valence-corrected chi connectivity index (χ2v) is 7.41. The summed E-state index contributed by atoms with van der Waals surface area (Å²) in [6.07, 6.45) is 3.13. The van der Waals surface area contributed by atoms with Gasteiger partial charge in [0.2, 0.25) is 11.8 Å². The highest BCUT2D eigenvalue weighted by Gasteiger charge is 2.38. The molecule has 2 aliphatic rings. The quantitative estimate of drug-likeness (QED) is 0.874. The zero-order valence-corrected chi connectivity index (χ0v) is 16.5.